The van der Waals surface area contributed by atoms with Crippen LogP contribution < -0.4 is 15.6 Å². The molecule has 0 spiro atoms. The van der Waals surface area contributed by atoms with Gasteiger partial charge < -0.3 is 19.9 Å². The molecule has 3 heterocycles. The maximum absolute atomic E-state index is 12.3. The highest BCUT2D eigenvalue weighted by Gasteiger charge is 2.20. The van der Waals surface area contributed by atoms with Crippen molar-refractivity contribution in [3.05, 3.63) is 39.5 Å². The lowest BCUT2D eigenvalue weighted by atomic mass is 9.96. The van der Waals surface area contributed by atoms with Crippen molar-refractivity contribution < 1.29 is 4.74 Å². The second kappa shape index (κ2) is 8.00. The molecule has 144 valence electrons. The Morgan fingerprint density at radius 1 is 1.30 bits per heavy atom. The summed E-state index contributed by atoms with van der Waals surface area (Å²) in [6.07, 6.45) is 3.44. The van der Waals surface area contributed by atoms with Crippen LogP contribution in [0.25, 0.3) is 21.0 Å². The van der Waals surface area contributed by atoms with Crippen molar-refractivity contribution in [1.82, 2.24) is 15.2 Å². The molecule has 0 radical (unpaired) electrons. The number of H-pyrrole nitrogens is 1. The Morgan fingerprint density at radius 2 is 2.11 bits per heavy atom. The predicted octanol–water partition coefficient (Wildman–Crippen LogP) is 3.23. The molecule has 0 unspecified atom stereocenters. The van der Waals surface area contributed by atoms with Crippen molar-refractivity contribution in [2.24, 2.45) is 5.92 Å². The van der Waals surface area contributed by atoms with E-state index in [0.29, 0.717) is 0 Å². The van der Waals surface area contributed by atoms with Gasteiger partial charge in [0.05, 0.1) is 7.11 Å². The number of ether oxygens (including phenoxy) is 1. The Kier molecular flexibility index (Phi) is 5.48. The highest BCUT2D eigenvalue weighted by Crippen LogP contribution is 2.33. The first-order chi connectivity index (χ1) is 13.2. The van der Waals surface area contributed by atoms with E-state index in [4.69, 9.17) is 4.74 Å². The van der Waals surface area contributed by atoms with Crippen LogP contribution in [0, 0.1) is 5.92 Å². The van der Waals surface area contributed by atoms with E-state index >= 15 is 0 Å². The zero-order valence-electron chi connectivity index (χ0n) is 16.0. The molecule has 1 aliphatic heterocycles. The minimum atomic E-state index is -0.00442. The molecule has 0 atom stereocenters. The molecule has 1 aliphatic rings. The van der Waals surface area contributed by atoms with Gasteiger partial charge >= 0.3 is 0 Å². The summed E-state index contributed by atoms with van der Waals surface area (Å²) >= 11 is 1.50. The molecule has 6 heteroatoms. The number of hydrogen-bond donors (Lipinski definition) is 2. The molecule has 1 aromatic carbocycles. The molecule has 5 nitrogen and oxygen atoms in total. The van der Waals surface area contributed by atoms with Gasteiger partial charge in [-0.1, -0.05) is 0 Å². The second-order valence-corrected chi connectivity index (χ2v) is 8.30. The molecule has 2 aromatic heterocycles. The molecule has 1 saturated heterocycles. The molecule has 1 fully saturated rings. The van der Waals surface area contributed by atoms with Gasteiger partial charge in [0.1, 0.15) is 10.4 Å². The topological polar surface area (TPSA) is 57.4 Å². The molecule has 4 rings (SSSR count). The van der Waals surface area contributed by atoms with Crippen LogP contribution in [0.5, 0.6) is 5.75 Å². The monoisotopic (exact) mass is 385 g/mol. The van der Waals surface area contributed by atoms with Gasteiger partial charge in [-0.25, -0.2) is 0 Å². The maximum atomic E-state index is 12.3. The Balaban J connectivity index is 1.63. The number of aromatic nitrogens is 1. The van der Waals surface area contributed by atoms with Crippen LogP contribution in [0.1, 0.15) is 18.4 Å². The fraction of sp³-hybridized carbons (Fsp3) is 0.476. The number of nitrogens with one attached hydrogen (secondary N) is 2. The largest absolute Gasteiger partial charge is 0.496 e. The Labute approximate surface area is 163 Å². The van der Waals surface area contributed by atoms with E-state index in [0.717, 1.165) is 65.3 Å². The van der Waals surface area contributed by atoms with Crippen LogP contribution in [0.4, 0.5) is 0 Å². The van der Waals surface area contributed by atoms with Gasteiger partial charge in [-0.2, -0.15) is 0 Å². The third kappa shape index (κ3) is 3.61. The average Bonchev–Trinajstić information content (AvgIpc) is 3.18. The van der Waals surface area contributed by atoms with Gasteiger partial charge in [0.15, 0.2) is 0 Å². The molecular weight excluding hydrogens is 358 g/mol. The minimum absolute atomic E-state index is 0.00442. The van der Waals surface area contributed by atoms with E-state index in [9.17, 15) is 4.79 Å². The fourth-order valence-electron chi connectivity index (χ4n) is 4.31. The third-order valence-electron chi connectivity index (χ3n) is 5.76. The van der Waals surface area contributed by atoms with Crippen LogP contribution in [0.3, 0.4) is 0 Å². The quantitative estimate of drug-likeness (QED) is 0.684. The summed E-state index contributed by atoms with van der Waals surface area (Å²) in [6, 6.07) is 5.99. The molecule has 0 saturated carbocycles. The zero-order valence-corrected chi connectivity index (χ0v) is 16.8. The Hall–Kier alpha value is -1.89. The molecule has 27 heavy (non-hydrogen) atoms. The van der Waals surface area contributed by atoms with Crippen LogP contribution in [0.2, 0.25) is 0 Å². The van der Waals surface area contributed by atoms with E-state index < -0.39 is 0 Å². The van der Waals surface area contributed by atoms with E-state index in [-0.39, 0.29) is 5.56 Å². The van der Waals surface area contributed by atoms with Crippen LogP contribution >= 0.6 is 11.3 Å². The number of fused-ring (bicyclic) bond motifs is 3. The number of pyridine rings is 1. The highest BCUT2D eigenvalue weighted by atomic mass is 32.1. The van der Waals surface area contributed by atoms with Crippen molar-refractivity contribution in [3.8, 4) is 5.75 Å². The molecule has 0 bridgehead atoms. The van der Waals surface area contributed by atoms with Crippen LogP contribution in [-0.4, -0.2) is 50.2 Å². The van der Waals surface area contributed by atoms with E-state index in [1.807, 2.05) is 24.6 Å². The average molecular weight is 386 g/mol. The summed E-state index contributed by atoms with van der Waals surface area (Å²) in [4.78, 5) is 17.9. The number of likely N-dealkylation sites (tertiary alicyclic amines) is 1. The van der Waals surface area contributed by atoms with Gasteiger partial charge in [-0.3, -0.25) is 4.79 Å². The number of rotatable bonds is 6. The SMILES string of the molecule is CNCC1CCN(CCc2c(OC)ccc3[nH]c(=O)c4sccc4c23)CC1. The molecule has 0 amide bonds. The first-order valence-electron chi connectivity index (χ1n) is 9.67. The number of nitrogens with zero attached hydrogens (tertiary/aromatic N) is 1. The minimum Gasteiger partial charge on any atom is -0.496 e. The van der Waals surface area contributed by atoms with Crippen molar-refractivity contribution in [2.45, 2.75) is 19.3 Å². The first kappa shape index (κ1) is 18.5. The number of aromatic amines is 1. The lowest BCUT2D eigenvalue weighted by Crippen LogP contribution is -2.37. The van der Waals surface area contributed by atoms with Crippen molar-refractivity contribution in [2.75, 3.05) is 40.3 Å². The number of thiophene rings is 1. The van der Waals surface area contributed by atoms with E-state index in [1.54, 1.807) is 7.11 Å². The van der Waals surface area contributed by atoms with Crippen LogP contribution in [0.15, 0.2) is 28.4 Å². The van der Waals surface area contributed by atoms with Gasteiger partial charge in [0, 0.05) is 28.4 Å². The standard InChI is InChI=1S/C21H27N3O2S/c1-22-13-14-5-9-24(10-6-14)11-7-15-18(26-2)4-3-17-19(15)16-8-12-27-20(16)21(25)23-17/h3-4,8,12,14,22H,5-7,9-11,13H2,1-2H3,(H,23,25). The predicted molar refractivity (Wildman–Crippen MR) is 113 cm³/mol. The Morgan fingerprint density at radius 3 is 2.85 bits per heavy atom. The fourth-order valence-corrected chi connectivity index (χ4v) is 5.11. The van der Waals surface area contributed by atoms with Crippen molar-refractivity contribution in [1.29, 1.82) is 0 Å². The summed E-state index contributed by atoms with van der Waals surface area (Å²) in [5.41, 5.74) is 2.09. The van der Waals surface area contributed by atoms with Gasteiger partial charge in [-0.05, 0) is 75.4 Å². The van der Waals surface area contributed by atoms with Gasteiger partial charge in [0.2, 0.25) is 0 Å². The van der Waals surface area contributed by atoms with Gasteiger partial charge in [0.25, 0.3) is 5.56 Å². The zero-order chi connectivity index (χ0) is 18.8. The van der Waals surface area contributed by atoms with Crippen LogP contribution in [-0.2, 0) is 6.42 Å². The smallest absolute Gasteiger partial charge is 0.266 e. The number of piperidine rings is 1. The van der Waals surface area contributed by atoms with E-state index in [1.165, 1.54) is 29.7 Å². The Bertz CT molecular complexity index is 986. The molecule has 3 aromatic rings. The van der Waals surface area contributed by atoms with Crippen molar-refractivity contribution >= 4 is 32.3 Å². The second-order valence-electron chi connectivity index (χ2n) is 7.38. The van der Waals surface area contributed by atoms with E-state index in [2.05, 4.69) is 21.3 Å². The first-order valence-corrected chi connectivity index (χ1v) is 10.5. The highest BCUT2D eigenvalue weighted by molar-refractivity contribution is 7.17. The van der Waals surface area contributed by atoms with Gasteiger partial charge in [-0.15, -0.1) is 11.3 Å². The third-order valence-corrected chi connectivity index (χ3v) is 6.67. The summed E-state index contributed by atoms with van der Waals surface area (Å²) in [7, 11) is 3.76. The van der Waals surface area contributed by atoms with Crippen molar-refractivity contribution in [3.63, 3.8) is 0 Å². The molecular formula is C21H27N3O2S. The maximum Gasteiger partial charge on any atom is 0.266 e. The summed E-state index contributed by atoms with van der Waals surface area (Å²) in [5, 5.41) is 7.47. The number of benzene rings is 1. The number of hydrogen-bond acceptors (Lipinski definition) is 5. The lowest BCUT2D eigenvalue weighted by Gasteiger charge is -2.32. The summed E-state index contributed by atoms with van der Waals surface area (Å²) < 4.78 is 6.48. The number of methoxy groups -OCH3 is 1. The lowest BCUT2D eigenvalue weighted by molar-refractivity contribution is 0.185. The molecule has 0 aliphatic carbocycles. The summed E-state index contributed by atoms with van der Waals surface area (Å²) in [5.74, 6) is 1.71. The molecule has 2 N–H and O–H groups in total. The summed E-state index contributed by atoms with van der Waals surface area (Å²) in [6.45, 7) is 4.45. The normalized spacial score (nSPS) is 16.4.